The summed E-state index contributed by atoms with van der Waals surface area (Å²) in [5.74, 6) is -0.241. The van der Waals surface area contributed by atoms with Gasteiger partial charge in [0.05, 0.1) is 0 Å². The van der Waals surface area contributed by atoms with Crippen LogP contribution in [-0.4, -0.2) is 66.1 Å². The molecule has 0 radical (unpaired) electrons. The number of nitrogens with one attached hydrogen (secondary N) is 1. The van der Waals surface area contributed by atoms with E-state index in [-0.39, 0.29) is 5.91 Å². The number of hydrogen-bond acceptors (Lipinski definition) is 4. The Labute approximate surface area is 129 Å². The van der Waals surface area contributed by atoms with Crippen molar-refractivity contribution in [1.29, 1.82) is 0 Å². The highest BCUT2D eigenvalue weighted by Crippen LogP contribution is 2.25. The molecule has 0 saturated carbocycles. The minimum Gasteiger partial charge on any atom is -0.368 e. The van der Waals surface area contributed by atoms with Crippen molar-refractivity contribution in [3.63, 3.8) is 0 Å². The Bertz CT molecular complexity index is 362. The van der Waals surface area contributed by atoms with Crippen molar-refractivity contribution in [3.8, 4) is 0 Å². The maximum atomic E-state index is 11.9. The van der Waals surface area contributed by atoms with Crippen LogP contribution in [0.1, 0.15) is 46.5 Å². The SMILES string of the molecule is CCCNC(C)(CN1CC2CCCCN2CC1C)C(N)=O. The Hall–Kier alpha value is -0.650. The normalized spacial score (nSPS) is 30.6. The van der Waals surface area contributed by atoms with E-state index in [1.54, 1.807) is 0 Å². The fraction of sp³-hybridized carbons (Fsp3) is 0.938. The van der Waals surface area contributed by atoms with E-state index in [1.165, 1.54) is 25.8 Å². The lowest BCUT2D eigenvalue weighted by Gasteiger charge is -2.49. The zero-order valence-electron chi connectivity index (χ0n) is 13.9. The van der Waals surface area contributed by atoms with Crippen LogP contribution >= 0.6 is 0 Å². The lowest BCUT2D eigenvalue weighted by molar-refractivity contribution is -0.125. The third-order valence-electron chi connectivity index (χ3n) is 5.14. The predicted molar refractivity (Wildman–Crippen MR) is 86.1 cm³/mol. The number of primary amides is 1. The molecule has 0 aromatic rings. The maximum absolute atomic E-state index is 11.9. The highest BCUT2D eigenvalue weighted by atomic mass is 16.1. The Morgan fingerprint density at radius 2 is 2.14 bits per heavy atom. The topological polar surface area (TPSA) is 61.6 Å². The zero-order valence-corrected chi connectivity index (χ0v) is 13.9. The zero-order chi connectivity index (χ0) is 15.5. The van der Waals surface area contributed by atoms with Crippen LogP contribution in [0, 0.1) is 0 Å². The number of amides is 1. The molecule has 122 valence electrons. The molecule has 2 rings (SSSR count). The van der Waals surface area contributed by atoms with Gasteiger partial charge in [-0.15, -0.1) is 0 Å². The quantitative estimate of drug-likeness (QED) is 0.761. The summed E-state index contributed by atoms with van der Waals surface area (Å²) in [4.78, 5) is 17.0. The smallest absolute Gasteiger partial charge is 0.238 e. The van der Waals surface area contributed by atoms with E-state index in [9.17, 15) is 4.79 Å². The lowest BCUT2D eigenvalue weighted by Crippen LogP contribution is -2.65. The van der Waals surface area contributed by atoms with Gasteiger partial charge in [-0.3, -0.25) is 14.6 Å². The van der Waals surface area contributed by atoms with Crippen LogP contribution in [0.5, 0.6) is 0 Å². The largest absolute Gasteiger partial charge is 0.368 e. The second-order valence-corrected chi connectivity index (χ2v) is 7.05. The summed E-state index contributed by atoms with van der Waals surface area (Å²) in [7, 11) is 0. The number of nitrogens with two attached hydrogens (primary N) is 1. The van der Waals surface area contributed by atoms with Gasteiger partial charge in [-0.25, -0.2) is 0 Å². The number of hydrogen-bond donors (Lipinski definition) is 2. The first kappa shape index (κ1) is 16.7. The van der Waals surface area contributed by atoms with Crippen LogP contribution in [-0.2, 0) is 4.79 Å². The van der Waals surface area contributed by atoms with Gasteiger partial charge < -0.3 is 11.1 Å². The van der Waals surface area contributed by atoms with Gasteiger partial charge in [0.2, 0.25) is 5.91 Å². The van der Waals surface area contributed by atoms with Gasteiger partial charge in [0.25, 0.3) is 0 Å². The molecule has 2 heterocycles. The van der Waals surface area contributed by atoms with E-state index in [0.29, 0.717) is 18.6 Å². The van der Waals surface area contributed by atoms with E-state index >= 15 is 0 Å². The van der Waals surface area contributed by atoms with Gasteiger partial charge in [-0.1, -0.05) is 13.3 Å². The summed E-state index contributed by atoms with van der Waals surface area (Å²) in [6, 6.07) is 1.15. The van der Waals surface area contributed by atoms with Crippen molar-refractivity contribution in [1.82, 2.24) is 15.1 Å². The van der Waals surface area contributed by atoms with Gasteiger partial charge in [0.1, 0.15) is 5.54 Å². The minimum absolute atomic E-state index is 0.241. The van der Waals surface area contributed by atoms with Gasteiger partial charge in [0, 0.05) is 31.7 Å². The molecule has 5 heteroatoms. The monoisotopic (exact) mass is 296 g/mol. The molecule has 3 N–H and O–H groups in total. The van der Waals surface area contributed by atoms with Gasteiger partial charge in [0.15, 0.2) is 0 Å². The summed E-state index contributed by atoms with van der Waals surface area (Å²) >= 11 is 0. The highest BCUT2D eigenvalue weighted by molar-refractivity contribution is 5.84. The minimum atomic E-state index is -0.624. The summed E-state index contributed by atoms with van der Waals surface area (Å²) < 4.78 is 0. The fourth-order valence-corrected chi connectivity index (χ4v) is 3.66. The number of nitrogens with zero attached hydrogens (tertiary/aromatic N) is 2. The lowest BCUT2D eigenvalue weighted by atomic mass is 9.94. The first-order chi connectivity index (χ1) is 9.96. The molecular weight excluding hydrogens is 264 g/mol. The van der Waals surface area contributed by atoms with Gasteiger partial charge >= 0.3 is 0 Å². The maximum Gasteiger partial charge on any atom is 0.238 e. The molecule has 1 amide bonds. The van der Waals surface area contributed by atoms with Crippen LogP contribution in [0.4, 0.5) is 0 Å². The third-order valence-corrected chi connectivity index (χ3v) is 5.14. The average Bonchev–Trinajstić information content (AvgIpc) is 2.46. The number of piperazine rings is 1. The second-order valence-electron chi connectivity index (χ2n) is 7.05. The molecule has 0 aliphatic carbocycles. The second kappa shape index (κ2) is 7.07. The van der Waals surface area contributed by atoms with Crippen LogP contribution < -0.4 is 11.1 Å². The van der Waals surface area contributed by atoms with Crippen molar-refractivity contribution in [2.45, 2.75) is 64.1 Å². The molecule has 3 atom stereocenters. The third kappa shape index (κ3) is 3.96. The first-order valence-electron chi connectivity index (χ1n) is 8.49. The Balaban J connectivity index is 2.00. The molecule has 0 aromatic carbocycles. The number of fused-ring (bicyclic) bond motifs is 1. The predicted octanol–water partition coefficient (Wildman–Crippen LogP) is 0.789. The molecule has 2 saturated heterocycles. The average molecular weight is 296 g/mol. The standard InChI is InChI=1S/C16H32N4O/c1-4-8-18-16(3,15(17)21)12-20-11-14-7-5-6-9-19(14)10-13(20)2/h13-14,18H,4-12H2,1-3H3,(H2,17,21). The van der Waals surface area contributed by atoms with Crippen molar-refractivity contribution < 1.29 is 4.79 Å². The van der Waals surface area contributed by atoms with Crippen molar-refractivity contribution in [2.24, 2.45) is 5.73 Å². The number of rotatable bonds is 6. The summed E-state index contributed by atoms with van der Waals surface area (Å²) in [5.41, 5.74) is 5.04. The highest BCUT2D eigenvalue weighted by Gasteiger charge is 2.38. The fourth-order valence-electron chi connectivity index (χ4n) is 3.66. The summed E-state index contributed by atoms with van der Waals surface area (Å²) in [6.07, 6.45) is 4.97. The van der Waals surface area contributed by atoms with E-state index in [0.717, 1.165) is 26.1 Å². The van der Waals surface area contributed by atoms with Crippen LogP contribution in [0.25, 0.3) is 0 Å². The van der Waals surface area contributed by atoms with Gasteiger partial charge in [-0.05, 0) is 46.2 Å². The van der Waals surface area contributed by atoms with Crippen molar-refractivity contribution >= 4 is 5.91 Å². The van der Waals surface area contributed by atoms with E-state index in [4.69, 9.17) is 5.73 Å². The molecular formula is C16H32N4O. The molecule has 21 heavy (non-hydrogen) atoms. The Kier molecular flexibility index (Phi) is 5.63. The molecule has 5 nitrogen and oxygen atoms in total. The Morgan fingerprint density at radius 1 is 1.38 bits per heavy atom. The number of carbonyl (C=O) groups excluding carboxylic acids is 1. The molecule has 0 spiro atoms. The molecule has 3 unspecified atom stereocenters. The molecule has 2 fully saturated rings. The van der Waals surface area contributed by atoms with Gasteiger partial charge in [-0.2, -0.15) is 0 Å². The van der Waals surface area contributed by atoms with E-state index in [1.807, 2.05) is 6.92 Å². The molecule has 2 aliphatic heterocycles. The number of carbonyl (C=O) groups is 1. The Morgan fingerprint density at radius 3 is 2.81 bits per heavy atom. The number of piperidine rings is 1. The van der Waals surface area contributed by atoms with Crippen LogP contribution in [0.3, 0.4) is 0 Å². The van der Waals surface area contributed by atoms with E-state index < -0.39 is 5.54 Å². The van der Waals surface area contributed by atoms with Crippen LogP contribution in [0.2, 0.25) is 0 Å². The molecule has 0 aromatic heterocycles. The van der Waals surface area contributed by atoms with Crippen molar-refractivity contribution in [3.05, 3.63) is 0 Å². The summed E-state index contributed by atoms with van der Waals surface area (Å²) in [6.45, 7) is 11.3. The molecule has 0 bridgehead atoms. The van der Waals surface area contributed by atoms with Crippen molar-refractivity contribution in [2.75, 3.05) is 32.7 Å². The van der Waals surface area contributed by atoms with E-state index in [2.05, 4.69) is 29.0 Å². The first-order valence-corrected chi connectivity index (χ1v) is 8.49. The molecule has 2 aliphatic rings. The summed E-state index contributed by atoms with van der Waals surface area (Å²) in [5, 5.41) is 3.36. The van der Waals surface area contributed by atoms with Crippen LogP contribution in [0.15, 0.2) is 0 Å².